The van der Waals surface area contributed by atoms with Gasteiger partial charge < -0.3 is 10.2 Å². The van der Waals surface area contributed by atoms with Crippen molar-refractivity contribution in [2.75, 3.05) is 25.0 Å². The number of nitrogens with zero attached hydrogens (tertiary/aromatic N) is 3. The highest BCUT2D eigenvalue weighted by atomic mass is 32.2. The molecule has 1 aliphatic heterocycles. The maximum absolute atomic E-state index is 12.8. The molecular weight excluding hydrogens is 452 g/mol. The van der Waals surface area contributed by atoms with E-state index in [0.717, 1.165) is 5.69 Å². The first-order valence-corrected chi connectivity index (χ1v) is 11.8. The number of nitro groups is 1. The average molecular weight is 475 g/mol. The van der Waals surface area contributed by atoms with Crippen molar-refractivity contribution in [2.45, 2.75) is 15.3 Å². The third-order valence-electron chi connectivity index (χ3n) is 4.80. The average Bonchev–Trinajstić information content (AvgIpc) is 3.08. The van der Waals surface area contributed by atoms with E-state index in [9.17, 15) is 23.3 Å². The lowest BCUT2D eigenvalue weighted by Crippen LogP contribution is -2.41. The van der Waals surface area contributed by atoms with E-state index in [1.54, 1.807) is 13.1 Å². The van der Waals surface area contributed by atoms with E-state index in [4.69, 9.17) is 0 Å². The summed E-state index contributed by atoms with van der Waals surface area (Å²) in [6, 6.07) is 10.2. The number of sulfonamides is 1. The first kappa shape index (κ1) is 23.5. The summed E-state index contributed by atoms with van der Waals surface area (Å²) in [6.45, 7) is 7.43. The summed E-state index contributed by atoms with van der Waals surface area (Å²) in [5.74, 6) is -0.394. The molecule has 2 aromatic carbocycles. The van der Waals surface area contributed by atoms with Crippen LogP contribution in [0.2, 0.25) is 0 Å². The Kier molecular flexibility index (Phi) is 7.02. The number of rotatable bonds is 9. The summed E-state index contributed by atoms with van der Waals surface area (Å²) in [5.41, 5.74) is 0.588. The summed E-state index contributed by atoms with van der Waals surface area (Å²) in [6.07, 6.45) is 2.98. The zero-order valence-electron chi connectivity index (χ0n) is 17.3. The van der Waals surface area contributed by atoms with Crippen LogP contribution in [0, 0.1) is 10.1 Å². The lowest BCUT2D eigenvalue weighted by molar-refractivity contribution is -0.385. The largest absolute Gasteiger partial charge is 0.345 e. The maximum Gasteiger partial charge on any atom is 0.270 e. The summed E-state index contributed by atoms with van der Waals surface area (Å²) < 4.78 is 26.8. The van der Waals surface area contributed by atoms with Crippen molar-refractivity contribution >= 4 is 39.1 Å². The van der Waals surface area contributed by atoms with Crippen molar-refractivity contribution in [3.8, 4) is 0 Å². The zero-order valence-corrected chi connectivity index (χ0v) is 18.9. The number of amides is 1. The second-order valence-electron chi connectivity index (χ2n) is 6.89. The van der Waals surface area contributed by atoms with Gasteiger partial charge in [-0.05, 0) is 30.3 Å². The van der Waals surface area contributed by atoms with Gasteiger partial charge in [-0.1, -0.05) is 23.9 Å². The van der Waals surface area contributed by atoms with Crippen LogP contribution in [-0.2, 0) is 10.0 Å². The molecule has 11 heteroatoms. The molecule has 1 amide bonds. The Morgan fingerprint density at radius 1 is 1.22 bits per heavy atom. The van der Waals surface area contributed by atoms with E-state index < -0.39 is 26.4 Å². The Morgan fingerprint density at radius 2 is 1.84 bits per heavy atom. The van der Waals surface area contributed by atoms with Crippen molar-refractivity contribution in [1.82, 2.24) is 9.62 Å². The van der Waals surface area contributed by atoms with Gasteiger partial charge >= 0.3 is 0 Å². The Hall–Kier alpha value is -3.15. The number of carbonyl (C=O) groups excluding carboxylic acids is 1. The smallest absolute Gasteiger partial charge is 0.270 e. The standard InChI is InChI=1S/C21H22N4O5S2/c1-4-12-24(13-5-2)32(29,30)17-9-6-15(7-10-17)20(26)22-21-23(3)18-11-8-16(25(27)28)14-19(18)31-21/h4-11,14,21H,1-2,12-13H2,3H3,(H,22,26)/t21-/m1/s1. The van der Waals surface area contributed by atoms with Gasteiger partial charge in [0.1, 0.15) is 0 Å². The Morgan fingerprint density at radius 3 is 2.41 bits per heavy atom. The van der Waals surface area contributed by atoms with Crippen LogP contribution in [0.15, 0.2) is 77.6 Å². The first-order chi connectivity index (χ1) is 15.2. The van der Waals surface area contributed by atoms with Crippen LogP contribution < -0.4 is 10.2 Å². The van der Waals surface area contributed by atoms with Gasteiger partial charge in [0.2, 0.25) is 10.0 Å². The molecule has 1 atom stereocenters. The van der Waals surface area contributed by atoms with Crippen LogP contribution in [0.4, 0.5) is 11.4 Å². The molecule has 0 aromatic heterocycles. The zero-order chi connectivity index (χ0) is 23.5. The van der Waals surface area contributed by atoms with Crippen LogP contribution >= 0.6 is 11.8 Å². The van der Waals surface area contributed by atoms with Gasteiger partial charge in [-0.2, -0.15) is 4.31 Å². The van der Waals surface area contributed by atoms with Crippen LogP contribution in [0.1, 0.15) is 10.4 Å². The molecule has 0 fully saturated rings. The molecule has 2 aromatic rings. The summed E-state index contributed by atoms with van der Waals surface area (Å²) in [4.78, 5) is 25.8. The molecule has 0 spiro atoms. The molecule has 32 heavy (non-hydrogen) atoms. The van der Waals surface area contributed by atoms with Crippen LogP contribution in [0.5, 0.6) is 0 Å². The third-order valence-corrected chi connectivity index (χ3v) is 7.88. The van der Waals surface area contributed by atoms with Crippen molar-refractivity contribution in [2.24, 2.45) is 0 Å². The lowest BCUT2D eigenvalue weighted by atomic mass is 10.2. The van der Waals surface area contributed by atoms with E-state index in [-0.39, 0.29) is 23.7 Å². The number of nitrogens with one attached hydrogen (secondary N) is 1. The molecule has 168 valence electrons. The molecule has 0 aliphatic carbocycles. The van der Waals surface area contributed by atoms with E-state index in [0.29, 0.717) is 10.5 Å². The molecule has 0 unspecified atom stereocenters. The third kappa shape index (κ3) is 4.69. The topological polar surface area (TPSA) is 113 Å². The number of hydrogen-bond acceptors (Lipinski definition) is 7. The highest BCUT2D eigenvalue weighted by Crippen LogP contribution is 2.43. The number of anilines is 1. The first-order valence-electron chi connectivity index (χ1n) is 9.50. The predicted octanol–water partition coefficient (Wildman–Crippen LogP) is 3.21. The van der Waals surface area contributed by atoms with Crippen LogP contribution in [0.25, 0.3) is 0 Å². The molecule has 9 nitrogen and oxygen atoms in total. The number of thioether (sulfide) groups is 1. The maximum atomic E-state index is 12.8. The number of hydrogen-bond donors (Lipinski definition) is 1. The highest BCUT2D eigenvalue weighted by Gasteiger charge is 2.30. The minimum absolute atomic E-state index is 0.0182. The van der Waals surface area contributed by atoms with Gasteiger partial charge in [-0.15, -0.1) is 13.2 Å². The fourth-order valence-electron chi connectivity index (χ4n) is 3.14. The molecule has 3 rings (SSSR count). The Balaban J connectivity index is 1.73. The Labute approximate surface area is 190 Å². The normalized spacial score (nSPS) is 15.3. The van der Waals surface area contributed by atoms with E-state index in [1.807, 2.05) is 4.90 Å². The molecule has 0 radical (unpaired) electrons. The van der Waals surface area contributed by atoms with Crippen molar-refractivity contribution < 1.29 is 18.1 Å². The fraction of sp³-hybridized carbons (Fsp3) is 0.190. The quantitative estimate of drug-likeness (QED) is 0.337. The minimum atomic E-state index is -3.75. The number of non-ortho nitro benzene ring substituents is 1. The van der Waals surface area contributed by atoms with E-state index in [1.165, 1.54) is 64.6 Å². The van der Waals surface area contributed by atoms with E-state index >= 15 is 0 Å². The van der Waals surface area contributed by atoms with Crippen LogP contribution in [-0.4, -0.2) is 49.2 Å². The summed E-state index contributed by atoms with van der Waals surface area (Å²) in [5, 5.41) is 13.9. The fourth-order valence-corrected chi connectivity index (χ4v) is 5.72. The van der Waals surface area contributed by atoms with Crippen molar-refractivity contribution in [3.05, 3.63) is 83.5 Å². The van der Waals surface area contributed by atoms with Gasteiger partial charge in [0.15, 0.2) is 5.50 Å². The molecular formula is C21H22N4O5S2. The van der Waals surface area contributed by atoms with Crippen molar-refractivity contribution in [1.29, 1.82) is 0 Å². The lowest BCUT2D eigenvalue weighted by Gasteiger charge is -2.22. The second kappa shape index (κ2) is 9.55. The molecule has 0 bridgehead atoms. The van der Waals surface area contributed by atoms with Crippen LogP contribution in [0.3, 0.4) is 0 Å². The number of carbonyl (C=O) groups is 1. The Bertz CT molecular complexity index is 1160. The minimum Gasteiger partial charge on any atom is -0.345 e. The van der Waals surface area contributed by atoms with E-state index in [2.05, 4.69) is 18.5 Å². The molecule has 0 saturated carbocycles. The number of fused-ring (bicyclic) bond motifs is 1. The number of nitro benzene ring substituents is 1. The number of benzene rings is 2. The highest BCUT2D eigenvalue weighted by molar-refractivity contribution is 8.00. The molecule has 0 saturated heterocycles. The van der Waals surface area contributed by atoms with Gasteiger partial charge in [0.05, 0.1) is 15.5 Å². The van der Waals surface area contributed by atoms with Gasteiger partial charge in [-0.3, -0.25) is 14.9 Å². The predicted molar refractivity (Wildman–Crippen MR) is 124 cm³/mol. The molecule has 1 N–H and O–H groups in total. The van der Waals surface area contributed by atoms with Gasteiger partial charge in [0.25, 0.3) is 11.6 Å². The molecule has 1 aliphatic rings. The summed E-state index contributed by atoms with van der Waals surface area (Å²) in [7, 11) is -1.98. The monoisotopic (exact) mass is 474 g/mol. The summed E-state index contributed by atoms with van der Waals surface area (Å²) >= 11 is 1.29. The van der Waals surface area contributed by atoms with Gasteiger partial charge in [-0.25, -0.2) is 8.42 Å². The second-order valence-corrected chi connectivity index (χ2v) is 9.95. The van der Waals surface area contributed by atoms with Gasteiger partial charge in [0, 0.05) is 42.7 Å². The SMILES string of the molecule is C=CCN(CC=C)S(=O)(=O)c1ccc(C(=O)N[C@H]2Sc3cc([N+](=O)[O-])ccc3N2C)cc1. The van der Waals surface area contributed by atoms with Crippen molar-refractivity contribution in [3.63, 3.8) is 0 Å². The molecule has 1 heterocycles.